The fourth-order valence-electron chi connectivity index (χ4n) is 1.29. The highest BCUT2D eigenvalue weighted by molar-refractivity contribution is 5.96. The first-order chi connectivity index (χ1) is 7.91. The summed E-state index contributed by atoms with van der Waals surface area (Å²) in [6, 6.07) is 5.09. The van der Waals surface area contributed by atoms with E-state index in [1.54, 1.807) is 18.2 Å². The number of methoxy groups -OCH3 is 1. The number of rotatable bonds is 4. The second kappa shape index (κ2) is 5.08. The van der Waals surface area contributed by atoms with Gasteiger partial charge in [0, 0.05) is 0 Å². The van der Waals surface area contributed by atoms with Gasteiger partial charge in [-0.1, -0.05) is 13.0 Å². The van der Waals surface area contributed by atoms with Crippen molar-refractivity contribution in [2.24, 2.45) is 0 Å². The molecule has 0 aliphatic rings. The highest BCUT2D eigenvalue weighted by Crippen LogP contribution is 2.29. The highest BCUT2D eigenvalue weighted by Gasteiger charge is 2.20. The van der Waals surface area contributed by atoms with Crippen molar-refractivity contribution in [2.75, 3.05) is 12.8 Å². The first-order valence-corrected chi connectivity index (χ1v) is 5.57. The number of nitrogen functional groups attached to an aromatic ring is 1. The minimum Gasteiger partial charge on any atom is -0.486 e. The van der Waals surface area contributed by atoms with Gasteiger partial charge in [-0.25, -0.2) is 4.79 Å². The minimum atomic E-state index is -0.456. The maximum atomic E-state index is 11.5. The summed E-state index contributed by atoms with van der Waals surface area (Å²) in [4.78, 5) is 11.5. The molecule has 0 spiro atoms. The van der Waals surface area contributed by atoms with Crippen molar-refractivity contribution in [3.8, 4) is 5.75 Å². The van der Waals surface area contributed by atoms with Gasteiger partial charge in [0.1, 0.15) is 11.4 Å². The number of carbonyl (C=O) groups excluding carboxylic acids is 1. The molecule has 94 valence electrons. The van der Waals surface area contributed by atoms with Gasteiger partial charge in [0.05, 0.1) is 18.4 Å². The van der Waals surface area contributed by atoms with Crippen LogP contribution in [0.2, 0.25) is 0 Å². The van der Waals surface area contributed by atoms with E-state index in [2.05, 4.69) is 4.74 Å². The SMILES string of the molecule is CCC(C)(C)Oc1cccc(C(=O)OC)c1N. The van der Waals surface area contributed by atoms with E-state index in [0.29, 0.717) is 17.0 Å². The number of carbonyl (C=O) groups is 1. The Balaban J connectivity index is 3.07. The molecule has 0 aliphatic heterocycles. The van der Waals surface area contributed by atoms with Crippen molar-refractivity contribution in [3.05, 3.63) is 23.8 Å². The van der Waals surface area contributed by atoms with Crippen LogP contribution in [0.3, 0.4) is 0 Å². The van der Waals surface area contributed by atoms with Crippen LogP contribution >= 0.6 is 0 Å². The number of esters is 1. The average molecular weight is 237 g/mol. The summed E-state index contributed by atoms with van der Waals surface area (Å²) in [7, 11) is 1.32. The Kier molecular flexibility index (Phi) is 3.99. The van der Waals surface area contributed by atoms with E-state index in [1.807, 2.05) is 20.8 Å². The molecule has 17 heavy (non-hydrogen) atoms. The molecule has 0 aromatic heterocycles. The topological polar surface area (TPSA) is 61.5 Å². The first-order valence-electron chi connectivity index (χ1n) is 5.57. The molecule has 0 heterocycles. The van der Waals surface area contributed by atoms with Gasteiger partial charge in [-0.05, 0) is 32.4 Å². The Morgan fingerprint density at radius 3 is 2.59 bits per heavy atom. The zero-order valence-corrected chi connectivity index (χ0v) is 10.7. The van der Waals surface area contributed by atoms with Gasteiger partial charge in [0.25, 0.3) is 0 Å². The third-order valence-electron chi connectivity index (χ3n) is 2.71. The maximum absolute atomic E-state index is 11.5. The predicted octanol–water partition coefficient (Wildman–Crippen LogP) is 2.62. The number of para-hydroxylation sites is 1. The molecule has 1 aromatic rings. The summed E-state index contributed by atoms with van der Waals surface area (Å²) in [6.45, 7) is 5.97. The van der Waals surface area contributed by atoms with Gasteiger partial charge >= 0.3 is 5.97 Å². The second-order valence-corrected chi connectivity index (χ2v) is 4.42. The Morgan fingerprint density at radius 1 is 1.41 bits per heavy atom. The quantitative estimate of drug-likeness (QED) is 0.646. The van der Waals surface area contributed by atoms with E-state index >= 15 is 0 Å². The Labute approximate surface area is 102 Å². The normalized spacial score (nSPS) is 11.1. The summed E-state index contributed by atoms with van der Waals surface area (Å²) in [5.74, 6) is 0.0574. The molecule has 4 nitrogen and oxygen atoms in total. The van der Waals surface area contributed by atoms with Crippen LogP contribution in [0.5, 0.6) is 5.75 Å². The molecule has 1 aromatic carbocycles. The largest absolute Gasteiger partial charge is 0.486 e. The molecule has 1 rings (SSSR count). The lowest BCUT2D eigenvalue weighted by Crippen LogP contribution is -2.27. The Bertz CT molecular complexity index is 413. The van der Waals surface area contributed by atoms with E-state index in [-0.39, 0.29) is 5.60 Å². The molecule has 0 aliphatic carbocycles. The number of hydrogen-bond donors (Lipinski definition) is 1. The van der Waals surface area contributed by atoms with Crippen LogP contribution in [0.4, 0.5) is 5.69 Å². The van der Waals surface area contributed by atoms with Gasteiger partial charge in [-0.2, -0.15) is 0 Å². The van der Waals surface area contributed by atoms with E-state index in [9.17, 15) is 4.79 Å². The van der Waals surface area contributed by atoms with Crippen molar-refractivity contribution in [2.45, 2.75) is 32.8 Å². The zero-order valence-electron chi connectivity index (χ0n) is 10.7. The average Bonchev–Trinajstić information content (AvgIpc) is 2.31. The van der Waals surface area contributed by atoms with Crippen LogP contribution in [0.1, 0.15) is 37.6 Å². The number of nitrogens with two attached hydrogens (primary N) is 1. The van der Waals surface area contributed by atoms with Crippen molar-refractivity contribution in [3.63, 3.8) is 0 Å². The monoisotopic (exact) mass is 237 g/mol. The van der Waals surface area contributed by atoms with E-state index in [4.69, 9.17) is 10.5 Å². The molecule has 0 radical (unpaired) electrons. The van der Waals surface area contributed by atoms with Crippen molar-refractivity contribution < 1.29 is 14.3 Å². The maximum Gasteiger partial charge on any atom is 0.340 e. The molecule has 0 fully saturated rings. The standard InChI is InChI=1S/C13H19NO3/c1-5-13(2,3)17-10-8-6-7-9(11(10)14)12(15)16-4/h6-8H,5,14H2,1-4H3. The highest BCUT2D eigenvalue weighted by atomic mass is 16.5. The zero-order chi connectivity index (χ0) is 13.1. The van der Waals surface area contributed by atoms with Crippen molar-refractivity contribution >= 4 is 11.7 Å². The lowest BCUT2D eigenvalue weighted by Gasteiger charge is -2.26. The number of anilines is 1. The fraction of sp³-hybridized carbons (Fsp3) is 0.462. The molecule has 2 N–H and O–H groups in total. The van der Waals surface area contributed by atoms with Gasteiger partial charge in [0.2, 0.25) is 0 Å². The lowest BCUT2D eigenvalue weighted by molar-refractivity contribution is 0.0599. The second-order valence-electron chi connectivity index (χ2n) is 4.42. The summed E-state index contributed by atoms with van der Waals surface area (Å²) >= 11 is 0. The van der Waals surface area contributed by atoms with Gasteiger partial charge in [-0.3, -0.25) is 0 Å². The number of ether oxygens (including phenoxy) is 2. The first kappa shape index (κ1) is 13.4. The molecule has 0 saturated heterocycles. The van der Waals surface area contributed by atoms with E-state index in [1.165, 1.54) is 7.11 Å². The molecular formula is C13H19NO3. The van der Waals surface area contributed by atoms with Crippen LogP contribution < -0.4 is 10.5 Å². The molecular weight excluding hydrogens is 218 g/mol. The third-order valence-corrected chi connectivity index (χ3v) is 2.71. The molecule has 0 atom stereocenters. The fourth-order valence-corrected chi connectivity index (χ4v) is 1.29. The smallest absolute Gasteiger partial charge is 0.340 e. The Morgan fingerprint density at radius 2 is 2.06 bits per heavy atom. The summed E-state index contributed by atoms with van der Waals surface area (Å²) in [5.41, 5.74) is 6.23. The van der Waals surface area contributed by atoms with Crippen molar-refractivity contribution in [1.82, 2.24) is 0 Å². The minimum absolute atomic E-state index is 0.317. The van der Waals surface area contributed by atoms with Crippen LogP contribution in [0.15, 0.2) is 18.2 Å². The van der Waals surface area contributed by atoms with Crippen LogP contribution in [0, 0.1) is 0 Å². The number of hydrogen-bond acceptors (Lipinski definition) is 4. The summed E-state index contributed by atoms with van der Waals surface area (Å²) < 4.78 is 10.4. The molecule has 0 unspecified atom stereocenters. The predicted molar refractivity (Wildman–Crippen MR) is 67.2 cm³/mol. The molecule has 0 saturated carbocycles. The molecule has 0 bridgehead atoms. The Hall–Kier alpha value is -1.71. The summed E-state index contributed by atoms with van der Waals surface area (Å²) in [5, 5.41) is 0. The van der Waals surface area contributed by atoms with Crippen LogP contribution in [-0.4, -0.2) is 18.7 Å². The summed E-state index contributed by atoms with van der Waals surface area (Å²) in [6.07, 6.45) is 0.842. The van der Waals surface area contributed by atoms with Gasteiger partial charge in [0.15, 0.2) is 0 Å². The van der Waals surface area contributed by atoms with E-state index in [0.717, 1.165) is 6.42 Å². The van der Waals surface area contributed by atoms with Crippen LogP contribution in [-0.2, 0) is 4.74 Å². The van der Waals surface area contributed by atoms with Gasteiger partial charge < -0.3 is 15.2 Å². The van der Waals surface area contributed by atoms with Crippen LogP contribution in [0.25, 0.3) is 0 Å². The molecule has 4 heteroatoms. The third kappa shape index (κ3) is 3.12. The van der Waals surface area contributed by atoms with Gasteiger partial charge in [-0.15, -0.1) is 0 Å². The van der Waals surface area contributed by atoms with E-state index < -0.39 is 5.97 Å². The molecule has 0 amide bonds. The van der Waals surface area contributed by atoms with Crippen molar-refractivity contribution in [1.29, 1.82) is 0 Å². The lowest BCUT2D eigenvalue weighted by atomic mass is 10.1. The number of benzene rings is 1.